The van der Waals surface area contributed by atoms with Gasteiger partial charge in [0.25, 0.3) is 0 Å². The Morgan fingerprint density at radius 2 is 2.15 bits per heavy atom. The lowest BCUT2D eigenvalue weighted by Gasteiger charge is -2.09. The lowest BCUT2D eigenvalue weighted by molar-refractivity contribution is 0.367. The Bertz CT molecular complexity index is 669. The molecule has 0 radical (unpaired) electrons. The number of benzene rings is 1. The van der Waals surface area contributed by atoms with Crippen LogP contribution in [0.25, 0.3) is 11.0 Å². The minimum absolute atomic E-state index is 0.145. The van der Waals surface area contributed by atoms with Gasteiger partial charge in [0.2, 0.25) is 5.89 Å². The molecule has 0 bridgehead atoms. The molecule has 0 aliphatic rings. The zero-order valence-electron chi connectivity index (χ0n) is 11.6. The number of fused-ring (bicyclic) bond motifs is 1. The van der Waals surface area contributed by atoms with Crippen molar-refractivity contribution in [3.8, 4) is 0 Å². The Hall–Kier alpha value is -2.14. The normalized spacial score (nSPS) is 12.9. The largest absolute Gasteiger partial charge is 0.459 e. The van der Waals surface area contributed by atoms with Crippen LogP contribution in [0.5, 0.6) is 0 Å². The van der Waals surface area contributed by atoms with Crippen LogP contribution in [0.15, 0.2) is 39.3 Å². The van der Waals surface area contributed by atoms with E-state index in [1.54, 1.807) is 0 Å². The third-order valence-corrected chi connectivity index (χ3v) is 3.23. The Labute approximate surface area is 117 Å². The number of nitrogens with one attached hydrogen (secondary N) is 1. The first kappa shape index (κ1) is 12.9. The van der Waals surface area contributed by atoms with E-state index in [-0.39, 0.29) is 6.04 Å². The number of para-hydroxylation sites is 1. The molecule has 0 aliphatic carbocycles. The number of aryl methyl sites for hydroxylation is 1. The minimum atomic E-state index is 0.145. The van der Waals surface area contributed by atoms with Gasteiger partial charge in [-0.3, -0.25) is 0 Å². The molecule has 0 saturated carbocycles. The van der Waals surface area contributed by atoms with Crippen LogP contribution in [0.1, 0.15) is 30.4 Å². The van der Waals surface area contributed by atoms with Crippen LogP contribution in [0.4, 0.5) is 0 Å². The average Bonchev–Trinajstić information content (AvgIpc) is 3.04. The van der Waals surface area contributed by atoms with Crippen LogP contribution < -0.4 is 5.32 Å². The Morgan fingerprint density at radius 1 is 1.30 bits per heavy atom. The van der Waals surface area contributed by atoms with E-state index in [2.05, 4.69) is 34.5 Å². The fraction of sp³-hybridized carbons (Fsp3) is 0.333. The van der Waals surface area contributed by atoms with Crippen molar-refractivity contribution in [2.45, 2.75) is 26.3 Å². The number of hydrogen-bond donors (Lipinski definition) is 1. The van der Waals surface area contributed by atoms with Gasteiger partial charge in [0.15, 0.2) is 5.82 Å². The summed E-state index contributed by atoms with van der Waals surface area (Å²) in [5.41, 5.74) is 0.920. The lowest BCUT2D eigenvalue weighted by atomic mass is 10.2. The van der Waals surface area contributed by atoms with E-state index in [1.807, 2.05) is 25.1 Å². The van der Waals surface area contributed by atoms with Crippen LogP contribution in [0.3, 0.4) is 0 Å². The smallest absolute Gasteiger partial charge is 0.227 e. The summed E-state index contributed by atoms with van der Waals surface area (Å²) in [4.78, 5) is 4.17. The first-order chi connectivity index (χ1) is 9.72. The van der Waals surface area contributed by atoms with E-state index in [1.165, 1.54) is 0 Å². The monoisotopic (exact) mass is 271 g/mol. The molecule has 3 rings (SSSR count). The summed E-state index contributed by atoms with van der Waals surface area (Å²) in [6.45, 7) is 4.66. The summed E-state index contributed by atoms with van der Waals surface area (Å²) in [5.74, 6) is 2.27. The molecule has 1 atom stereocenters. The Balaban J connectivity index is 1.59. The Morgan fingerprint density at radius 3 is 2.90 bits per heavy atom. The van der Waals surface area contributed by atoms with Crippen molar-refractivity contribution in [2.75, 3.05) is 6.54 Å². The van der Waals surface area contributed by atoms with Gasteiger partial charge >= 0.3 is 0 Å². The van der Waals surface area contributed by atoms with E-state index in [0.717, 1.165) is 23.3 Å². The highest BCUT2D eigenvalue weighted by Gasteiger charge is 2.11. The van der Waals surface area contributed by atoms with Gasteiger partial charge in [0.1, 0.15) is 11.3 Å². The molecule has 0 saturated heterocycles. The minimum Gasteiger partial charge on any atom is -0.459 e. The van der Waals surface area contributed by atoms with E-state index < -0.39 is 0 Å². The SMILES string of the molecule is Cc1noc(CCN[C@@H](C)c2cc3ccccc3o2)n1. The molecule has 0 spiro atoms. The quantitative estimate of drug-likeness (QED) is 0.772. The van der Waals surface area contributed by atoms with Gasteiger partial charge in [-0.2, -0.15) is 4.98 Å². The number of nitrogens with zero attached hydrogens (tertiary/aromatic N) is 2. The van der Waals surface area contributed by atoms with E-state index >= 15 is 0 Å². The fourth-order valence-electron chi connectivity index (χ4n) is 2.15. The number of rotatable bonds is 5. The highest BCUT2D eigenvalue weighted by Crippen LogP contribution is 2.23. The molecule has 5 heteroatoms. The third-order valence-electron chi connectivity index (χ3n) is 3.23. The Kier molecular flexibility index (Phi) is 3.52. The van der Waals surface area contributed by atoms with Crippen LogP contribution in [0, 0.1) is 6.92 Å². The van der Waals surface area contributed by atoms with Gasteiger partial charge in [0.05, 0.1) is 6.04 Å². The second kappa shape index (κ2) is 5.46. The predicted octanol–water partition coefficient (Wildman–Crippen LogP) is 3.02. The molecule has 0 aliphatic heterocycles. The number of aromatic nitrogens is 2. The lowest BCUT2D eigenvalue weighted by Crippen LogP contribution is -2.21. The van der Waals surface area contributed by atoms with Crippen molar-refractivity contribution in [3.63, 3.8) is 0 Å². The van der Waals surface area contributed by atoms with Crippen molar-refractivity contribution in [3.05, 3.63) is 47.8 Å². The fourth-order valence-corrected chi connectivity index (χ4v) is 2.15. The molecule has 2 aromatic heterocycles. The topological polar surface area (TPSA) is 64.1 Å². The van der Waals surface area contributed by atoms with Crippen molar-refractivity contribution >= 4 is 11.0 Å². The van der Waals surface area contributed by atoms with Crippen LogP contribution in [-0.2, 0) is 6.42 Å². The maximum Gasteiger partial charge on any atom is 0.227 e. The summed E-state index contributed by atoms with van der Waals surface area (Å²) >= 11 is 0. The second-order valence-electron chi connectivity index (χ2n) is 4.85. The molecule has 0 unspecified atom stereocenters. The van der Waals surface area contributed by atoms with Crippen molar-refractivity contribution in [1.82, 2.24) is 15.5 Å². The molecule has 5 nitrogen and oxygen atoms in total. The van der Waals surface area contributed by atoms with E-state index in [9.17, 15) is 0 Å². The van der Waals surface area contributed by atoms with Gasteiger partial charge in [-0.05, 0) is 26.0 Å². The van der Waals surface area contributed by atoms with Crippen molar-refractivity contribution < 1.29 is 8.94 Å². The van der Waals surface area contributed by atoms with E-state index in [0.29, 0.717) is 18.1 Å². The molecule has 0 amide bonds. The molecule has 0 fully saturated rings. The van der Waals surface area contributed by atoms with Gasteiger partial charge in [0, 0.05) is 18.4 Å². The summed E-state index contributed by atoms with van der Waals surface area (Å²) in [6.07, 6.45) is 0.714. The number of hydrogen-bond acceptors (Lipinski definition) is 5. The molecule has 1 N–H and O–H groups in total. The van der Waals surface area contributed by atoms with Gasteiger partial charge < -0.3 is 14.3 Å². The molecule has 1 aromatic carbocycles. The van der Waals surface area contributed by atoms with E-state index in [4.69, 9.17) is 8.94 Å². The highest BCUT2D eigenvalue weighted by atomic mass is 16.5. The van der Waals surface area contributed by atoms with Crippen LogP contribution in [0.2, 0.25) is 0 Å². The summed E-state index contributed by atoms with van der Waals surface area (Å²) < 4.78 is 10.9. The molecular weight excluding hydrogens is 254 g/mol. The standard InChI is InChI=1S/C15H17N3O2/c1-10(16-8-7-15-17-11(2)18-20-15)14-9-12-5-3-4-6-13(12)19-14/h3-6,9-10,16H,7-8H2,1-2H3/t10-/m0/s1. The average molecular weight is 271 g/mol. The summed E-state index contributed by atoms with van der Waals surface area (Å²) in [6, 6.07) is 10.2. The maximum atomic E-state index is 5.82. The maximum absolute atomic E-state index is 5.82. The van der Waals surface area contributed by atoms with Gasteiger partial charge in [-0.25, -0.2) is 0 Å². The van der Waals surface area contributed by atoms with Crippen LogP contribution in [-0.4, -0.2) is 16.7 Å². The first-order valence-electron chi connectivity index (χ1n) is 6.73. The second-order valence-corrected chi connectivity index (χ2v) is 4.85. The molecule has 2 heterocycles. The summed E-state index contributed by atoms with van der Waals surface area (Å²) in [5, 5.41) is 8.29. The first-order valence-corrected chi connectivity index (χ1v) is 6.73. The zero-order chi connectivity index (χ0) is 13.9. The third kappa shape index (κ3) is 2.72. The molecule has 20 heavy (non-hydrogen) atoms. The summed E-state index contributed by atoms with van der Waals surface area (Å²) in [7, 11) is 0. The van der Waals surface area contributed by atoms with Gasteiger partial charge in [-0.15, -0.1) is 0 Å². The molecule has 3 aromatic rings. The molecular formula is C15H17N3O2. The number of furan rings is 1. The highest BCUT2D eigenvalue weighted by molar-refractivity contribution is 5.77. The van der Waals surface area contributed by atoms with Crippen molar-refractivity contribution in [1.29, 1.82) is 0 Å². The van der Waals surface area contributed by atoms with Crippen LogP contribution >= 0.6 is 0 Å². The van der Waals surface area contributed by atoms with Crippen molar-refractivity contribution in [2.24, 2.45) is 0 Å². The molecule has 104 valence electrons. The zero-order valence-corrected chi connectivity index (χ0v) is 11.6. The predicted molar refractivity (Wildman–Crippen MR) is 75.4 cm³/mol. The van der Waals surface area contributed by atoms with Gasteiger partial charge in [-0.1, -0.05) is 23.4 Å².